The lowest BCUT2D eigenvalue weighted by molar-refractivity contribution is -0.142. The lowest BCUT2D eigenvalue weighted by Crippen LogP contribution is -2.57. The van der Waals surface area contributed by atoms with Gasteiger partial charge in [-0.1, -0.05) is 44.1 Å². The highest BCUT2D eigenvalue weighted by atomic mass is 16.5. The second-order valence-corrected chi connectivity index (χ2v) is 11.8. The maximum Gasteiger partial charge on any atom is 0.246 e. The molecule has 2 aromatic carbocycles. The van der Waals surface area contributed by atoms with Crippen molar-refractivity contribution < 1.29 is 28.6 Å². The third-order valence-electron chi connectivity index (χ3n) is 9.28. The molecule has 0 unspecified atom stereocenters. The summed E-state index contributed by atoms with van der Waals surface area (Å²) < 4.78 is 17.4. The van der Waals surface area contributed by atoms with E-state index in [-0.39, 0.29) is 30.3 Å². The van der Waals surface area contributed by atoms with Crippen molar-refractivity contribution in [2.75, 3.05) is 19.0 Å². The molecule has 3 aliphatic heterocycles. The van der Waals surface area contributed by atoms with E-state index in [0.29, 0.717) is 29.7 Å². The van der Waals surface area contributed by atoms with Gasteiger partial charge in [0.2, 0.25) is 17.7 Å². The molecule has 3 fully saturated rings. The Bertz CT molecular complexity index is 1380. The fourth-order valence-electron chi connectivity index (χ4n) is 7.22. The van der Waals surface area contributed by atoms with Crippen LogP contribution in [0.3, 0.4) is 0 Å². The molecule has 4 aliphatic rings. The monoisotopic (exact) mass is 573 g/mol. The number of carbonyl (C=O) groups is 3. The number of amides is 3. The van der Waals surface area contributed by atoms with Gasteiger partial charge in [-0.3, -0.25) is 14.4 Å². The molecular weight excluding hydrogens is 534 g/mol. The molecule has 3 amide bonds. The van der Waals surface area contributed by atoms with Gasteiger partial charge in [-0.25, -0.2) is 0 Å². The van der Waals surface area contributed by atoms with E-state index >= 15 is 0 Å². The van der Waals surface area contributed by atoms with Crippen LogP contribution in [-0.2, 0) is 25.7 Å². The van der Waals surface area contributed by atoms with Crippen molar-refractivity contribution in [3.05, 3.63) is 66.2 Å². The predicted molar refractivity (Wildman–Crippen MR) is 157 cm³/mol. The summed E-state index contributed by atoms with van der Waals surface area (Å²) in [5, 5.41) is 6.24. The second kappa shape index (κ2) is 11.4. The molecule has 0 radical (unpaired) electrons. The molecule has 9 heteroatoms. The van der Waals surface area contributed by atoms with Crippen molar-refractivity contribution in [1.29, 1.82) is 0 Å². The quantitative estimate of drug-likeness (QED) is 0.438. The fraction of sp³-hybridized carbons (Fsp3) is 0.485. The number of nitrogens with zero attached hydrogens (tertiary/aromatic N) is 1. The van der Waals surface area contributed by atoms with Crippen molar-refractivity contribution >= 4 is 23.4 Å². The van der Waals surface area contributed by atoms with Crippen LogP contribution in [0.15, 0.2) is 60.7 Å². The van der Waals surface area contributed by atoms with Crippen LogP contribution >= 0.6 is 0 Å². The smallest absolute Gasteiger partial charge is 0.246 e. The van der Waals surface area contributed by atoms with Crippen molar-refractivity contribution in [2.24, 2.45) is 17.8 Å². The molecule has 6 rings (SSSR count). The maximum atomic E-state index is 14.3. The molecule has 1 aliphatic carbocycles. The molecule has 2 saturated heterocycles. The van der Waals surface area contributed by atoms with Gasteiger partial charge in [0.15, 0.2) is 0 Å². The minimum atomic E-state index is -1.22. The van der Waals surface area contributed by atoms with Crippen LogP contribution in [-0.4, -0.2) is 60.1 Å². The van der Waals surface area contributed by atoms with Crippen molar-refractivity contribution in [3.63, 3.8) is 0 Å². The van der Waals surface area contributed by atoms with Crippen LogP contribution in [0.4, 0.5) is 5.69 Å². The average molecular weight is 574 g/mol. The molecule has 9 nitrogen and oxygen atoms in total. The molecule has 2 aromatic rings. The first-order valence-electron chi connectivity index (χ1n) is 15.0. The zero-order valence-corrected chi connectivity index (χ0v) is 24.4. The van der Waals surface area contributed by atoms with Crippen LogP contribution in [0.1, 0.15) is 45.1 Å². The van der Waals surface area contributed by atoms with E-state index in [9.17, 15) is 14.4 Å². The summed E-state index contributed by atoms with van der Waals surface area (Å²) in [6.07, 6.45) is 7.28. The number of methoxy groups -OCH3 is 1. The molecule has 3 heterocycles. The summed E-state index contributed by atoms with van der Waals surface area (Å²) in [6.45, 7) is 4.82. The first kappa shape index (κ1) is 28.3. The number of hydrogen-bond acceptors (Lipinski definition) is 6. The van der Waals surface area contributed by atoms with E-state index in [0.717, 1.165) is 31.2 Å². The summed E-state index contributed by atoms with van der Waals surface area (Å²) in [6, 6.07) is 13.7. The van der Waals surface area contributed by atoms with Crippen LogP contribution in [0, 0.1) is 17.8 Å². The van der Waals surface area contributed by atoms with Crippen LogP contribution in [0.2, 0.25) is 0 Å². The number of rotatable bonds is 9. The lowest BCUT2D eigenvalue weighted by atomic mass is 9.74. The maximum absolute atomic E-state index is 14.3. The van der Waals surface area contributed by atoms with Gasteiger partial charge >= 0.3 is 0 Å². The Hall–Kier alpha value is -3.85. The van der Waals surface area contributed by atoms with Gasteiger partial charge in [0.25, 0.3) is 0 Å². The summed E-state index contributed by atoms with van der Waals surface area (Å²) in [5.74, 6) is -0.659. The highest BCUT2D eigenvalue weighted by molar-refractivity contribution is 6.02. The SMILES string of the molecule is CCOc1ccc(NC(=O)[C@@H]2[C@@H]3C=C[C@]4(O3)[C@@H]2C(=O)N(Cc2cccc(OC)c2)[C@H]4C(=O)N[C@@H]2CCCC[C@H]2C)cc1. The minimum absolute atomic E-state index is 0.0387. The van der Waals surface area contributed by atoms with Gasteiger partial charge in [-0.05, 0) is 67.6 Å². The molecule has 1 spiro atoms. The van der Waals surface area contributed by atoms with E-state index in [1.807, 2.05) is 43.3 Å². The van der Waals surface area contributed by atoms with Crippen LogP contribution < -0.4 is 20.1 Å². The number of benzene rings is 2. The normalized spacial score (nSPS) is 31.1. The van der Waals surface area contributed by atoms with Gasteiger partial charge in [0, 0.05) is 18.3 Å². The van der Waals surface area contributed by atoms with Crippen LogP contribution in [0.25, 0.3) is 0 Å². The standard InChI is InChI=1S/C33H39N3O6/c1-4-41-23-14-12-22(13-15-23)34-30(37)27-26-16-17-33(42-26)28(27)32(39)36(19-21-9-7-10-24(18-21)40-3)29(33)31(38)35-25-11-6-5-8-20(25)2/h7,9-10,12-18,20,25-29H,4-6,8,11,19H2,1-3H3,(H,34,37)(H,35,38)/t20-,25-,26+,27-,28+,29+,33+/m1/s1. The number of likely N-dealkylation sites (tertiary alicyclic amines) is 1. The van der Waals surface area contributed by atoms with Gasteiger partial charge in [0.05, 0.1) is 31.7 Å². The molecule has 2 bridgehead atoms. The first-order chi connectivity index (χ1) is 20.3. The summed E-state index contributed by atoms with van der Waals surface area (Å²) in [7, 11) is 1.59. The first-order valence-corrected chi connectivity index (χ1v) is 15.0. The van der Waals surface area contributed by atoms with E-state index in [1.165, 1.54) is 0 Å². The summed E-state index contributed by atoms with van der Waals surface area (Å²) >= 11 is 0. The lowest BCUT2D eigenvalue weighted by Gasteiger charge is -2.36. The Morgan fingerprint density at radius 1 is 1.07 bits per heavy atom. The van der Waals surface area contributed by atoms with Crippen LogP contribution in [0.5, 0.6) is 11.5 Å². The molecule has 0 aromatic heterocycles. The van der Waals surface area contributed by atoms with Gasteiger partial charge in [-0.2, -0.15) is 0 Å². The third kappa shape index (κ3) is 4.93. The highest BCUT2D eigenvalue weighted by Gasteiger charge is 2.72. The van der Waals surface area contributed by atoms with E-state index in [2.05, 4.69) is 17.6 Å². The van der Waals surface area contributed by atoms with Gasteiger partial charge in [-0.15, -0.1) is 0 Å². The molecule has 2 N–H and O–H groups in total. The van der Waals surface area contributed by atoms with E-state index in [1.54, 1.807) is 36.3 Å². The topological polar surface area (TPSA) is 106 Å². The number of fused-ring (bicyclic) bond motifs is 1. The number of hydrogen-bond donors (Lipinski definition) is 2. The second-order valence-electron chi connectivity index (χ2n) is 11.8. The molecule has 7 atom stereocenters. The minimum Gasteiger partial charge on any atom is -0.497 e. The largest absolute Gasteiger partial charge is 0.497 e. The Morgan fingerprint density at radius 2 is 1.86 bits per heavy atom. The molecule has 222 valence electrons. The zero-order chi connectivity index (χ0) is 29.4. The summed E-state index contributed by atoms with van der Waals surface area (Å²) in [5.41, 5.74) is 0.212. The molecular formula is C33H39N3O6. The van der Waals surface area contributed by atoms with Gasteiger partial charge in [0.1, 0.15) is 23.1 Å². The third-order valence-corrected chi connectivity index (χ3v) is 9.28. The fourth-order valence-corrected chi connectivity index (χ4v) is 7.22. The Balaban J connectivity index is 1.30. The van der Waals surface area contributed by atoms with Crippen molar-refractivity contribution in [2.45, 2.75) is 69.9 Å². The van der Waals surface area contributed by atoms with Gasteiger partial charge < -0.3 is 29.7 Å². The Kier molecular flexibility index (Phi) is 7.70. The van der Waals surface area contributed by atoms with E-state index < -0.39 is 29.6 Å². The number of anilines is 1. The Morgan fingerprint density at radius 3 is 2.60 bits per heavy atom. The average Bonchev–Trinajstić information content (AvgIpc) is 3.63. The molecule has 1 saturated carbocycles. The van der Waals surface area contributed by atoms with Crippen molar-refractivity contribution in [1.82, 2.24) is 10.2 Å². The molecule has 42 heavy (non-hydrogen) atoms. The predicted octanol–water partition coefficient (Wildman–Crippen LogP) is 4.08. The Labute approximate surface area is 246 Å². The number of nitrogens with one attached hydrogen (secondary N) is 2. The summed E-state index contributed by atoms with van der Waals surface area (Å²) in [4.78, 5) is 43.8. The van der Waals surface area contributed by atoms with Crippen molar-refractivity contribution in [3.8, 4) is 11.5 Å². The zero-order valence-electron chi connectivity index (χ0n) is 24.4. The number of carbonyl (C=O) groups excluding carboxylic acids is 3. The van der Waals surface area contributed by atoms with E-state index in [4.69, 9.17) is 14.2 Å². The number of ether oxygens (including phenoxy) is 3. The highest BCUT2D eigenvalue weighted by Crippen LogP contribution is 2.55.